The number of aromatic amines is 2. The van der Waals surface area contributed by atoms with Gasteiger partial charge in [0.05, 0.1) is 56.7 Å². The largest absolute Gasteiger partial charge is 0.457 e. The van der Waals surface area contributed by atoms with Gasteiger partial charge in [-0.2, -0.15) is 0 Å². The second-order valence-corrected chi connectivity index (χ2v) is 14.9. The Morgan fingerprint density at radius 2 is 1.48 bits per heavy atom. The van der Waals surface area contributed by atoms with E-state index in [0.29, 0.717) is 73.2 Å². The van der Waals surface area contributed by atoms with Crippen LogP contribution in [-0.2, 0) is 30.2 Å². The maximum atomic E-state index is 15.9. The van der Waals surface area contributed by atoms with E-state index in [2.05, 4.69) is 30.6 Å². The third-order valence-corrected chi connectivity index (χ3v) is 11.4. The lowest BCUT2D eigenvalue weighted by molar-refractivity contribution is -0.136. The summed E-state index contributed by atoms with van der Waals surface area (Å²) in [6.07, 6.45) is 5.93. The Hall–Kier alpha value is -5.97. The number of methoxy groups -OCH3 is 3. The monoisotopic (exact) mass is 800 g/mol. The number of halogens is 1. The molecule has 3 aliphatic rings. The van der Waals surface area contributed by atoms with Crippen molar-refractivity contribution in [2.24, 2.45) is 5.92 Å². The molecule has 17 heteroatoms. The highest BCUT2D eigenvalue weighted by Gasteiger charge is 2.39. The van der Waals surface area contributed by atoms with Gasteiger partial charge in [0, 0.05) is 43.3 Å². The average molecular weight is 801 g/mol. The number of rotatable bonds is 12. The van der Waals surface area contributed by atoms with E-state index in [-0.39, 0.29) is 42.0 Å². The lowest BCUT2D eigenvalue weighted by atomic mass is 9.96. The number of ether oxygens (including phenoxy) is 4. The molecule has 58 heavy (non-hydrogen) atoms. The standard InChI is InChI=1S/C41H49FN8O8/c1-6-22(2)35(48-41(54)57-5)39(52)50-14-8-10-32(50)37-44-20-29(46-37)26-18-34-25(17-27(26)42)16-24-15-23(11-12-33(24)58-34)28-19-43-36(45-28)31-9-7-13-49(31)38(51)30(21-55-3)47-40(53)56-4/h11-12,15,17-20,22,30-32,35H,6-10,13-14,16,21H2,1-5H3,(H,43,45)(H,44,46)(H,47,53)(H,48,54)/t22-,30-,31-,32-,35-/m0/s1. The highest BCUT2D eigenvalue weighted by Crippen LogP contribution is 2.42. The van der Waals surface area contributed by atoms with Crippen LogP contribution in [0.3, 0.4) is 0 Å². The van der Waals surface area contributed by atoms with Crippen molar-refractivity contribution in [3.63, 3.8) is 0 Å². The summed E-state index contributed by atoms with van der Waals surface area (Å²) < 4.78 is 36.9. The number of nitrogens with one attached hydrogen (secondary N) is 4. The van der Waals surface area contributed by atoms with Gasteiger partial charge in [-0.3, -0.25) is 9.59 Å². The summed E-state index contributed by atoms with van der Waals surface area (Å²) in [7, 11) is 3.96. The van der Waals surface area contributed by atoms with Crippen LogP contribution in [0.15, 0.2) is 42.7 Å². The summed E-state index contributed by atoms with van der Waals surface area (Å²) in [5.74, 6) is 1.28. The van der Waals surface area contributed by atoms with Crippen LogP contribution in [0.1, 0.15) is 80.8 Å². The third-order valence-electron chi connectivity index (χ3n) is 11.4. The van der Waals surface area contributed by atoms with Gasteiger partial charge in [-0.25, -0.2) is 23.9 Å². The molecule has 2 fully saturated rings. The number of H-pyrrole nitrogens is 2. The quantitative estimate of drug-likeness (QED) is 0.120. The fourth-order valence-electron chi connectivity index (χ4n) is 8.06. The molecule has 2 saturated heterocycles. The number of aromatic nitrogens is 4. The van der Waals surface area contributed by atoms with Gasteiger partial charge in [0.25, 0.3) is 0 Å². The Bertz CT molecular complexity index is 2170. The normalized spacial score (nSPS) is 18.7. The number of carbonyl (C=O) groups excluding carboxylic acids is 4. The molecule has 0 bridgehead atoms. The topological polar surface area (TPSA) is 193 Å². The first kappa shape index (κ1) is 40.2. The second kappa shape index (κ2) is 17.3. The minimum absolute atomic E-state index is 0.00218. The van der Waals surface area contributed by atoms with E-state index in [4.69, 9.17) is 18.9 Å². The van der Waals surface area contributed by atoms with Gasteiger partial charge in [0.1, 0.15) is 41.0 Å². The molecule has 16 nitrogen and oxygen atoms in total. The van der Waals surface area contributed by atoms with Crippen molar-refractivity contribution in [1.29, 1.82) is 0 Å². The molecule has 2 aromatic heterocycles. The Labute approximate surface area is 335 Å². The number of amides is 4. The SMILES string of the molecule is CC[C@H](C)[C@H](NC(=O)OC)C(=O)N1CCC[C@H]1c1ncc(-c2cc3c(cc2F)Cc2cc(-c4cnc([C@@H]5CCCN5C(=O)[C@H](COC)NC(=O)OC)[nH]4)ccc2O3)[nH]1. The summed E-state index contributed by atoms with van der Waals surface area (Å²) in [6, 6.07) is 6.59. The zero-order valence-electron chi connectivity index (χ0n) is 33.2. The first-order valence-corrected chi connectivity index (χ1v) is 19.6. The maximum absolute atomic E-state index is 15.9. The fourth-order valence-corrected chi connectivity index (χ4v) is 8.06. The zero-order chi connectivity index (χ0) is 41.1. The first-order chi connectivity index (χ1) is 28.0. The van der Waals surface area contributed by atoms with E-state index in [1.165, 1.54) is 27.4 Å². The van der Waals surface area contributed by atoms with Crippen molar-refractivity contribution in [3.8, 4) is 34.0 Å². The lowest BCUT2D eigenvalue weighted by Gasteiger charge is -2.30. The molecular formula is C41H49FN8O8. The van der Waals surface area contributed by atoms with Gasteiger partial charge in [-0.15, -0.1) is 0 Å². The maximum Gasteiger partial charge on any atom is 0.407 e. The van der Waals surface area contributed by atoms with Crippen molar-refractivity contribution in [3.05, 3.63) is 71.3 Å². The van der Waals surface area contributed by atoms with Crippen LogP contribution < -0.4 is 15.4 Å². The number of likely N-dealkylation sites (tertiary alicyclic amines) is 2. The molecule has 0 aliphatic carbocycles. The predicted molar refractivity (Wildman–Crippen MR) is 208 cm³/mol. The highest BCUT2D eigenvalue weighted by atomic mass is 19.1. The second-order valence-electron chi connectivity index (χ2n) is 14.9. The molecule has 5 heterocycles. The molecule has 2 aromatic carbocycles. The van der Waals surface area contributed by atoms with Gasteiger partial charge in [0.2, 0.25) is 11.8 Å². The molecule has 0 saturated carbocycles. The number of imidazole rings is 2. The van der Waals surface area contributed by atoms with Crippen molar-refractivity contribution in [2.45, 2.75) is 76.5 Å². The minimum atomic E-state index is -0.902. The van der Waals surface area contributed by atoms with Gasteiger partial charge in [0.15, 0.2) is 0 Å². The Morgan fingerprint density at radius 1 is 0.862 bits per heavy atom. The Balaban J connectivity index is 1.05. The molecule has 308 valence electrons. The van der Waals surface area contributed by atoms with E-state index < -0.39 is 30.1 Å². The molecule has 3 aliphatic heterocycles. The lowest BCUT2D eigenvalue weighted by Crippen LogP contribution is -2.51. The predicted octanol–water partition coefficient (Wildman–Crippen LogP) is 5.77. The van der Waals surface area contributed by atoms with Crippen LogP contribution in [0.5, 0.6) is 11.5 Å². The summed E-state index contributed by atoms with van der Waals surface area (Å²) in [4.78, 5) is 70.5. The Kier molecular flexibility index (Phi) is 12.0. The Morgan fingerprint density at radius 3 is 2.14 bits per heavy atom. The number of alkyl carbamates (subject to hydrolysis) is 2. The van der Waals surface area contributed by atoms with Crippen LogP contribution in [0.2, 0.25) is 0 Å². The zero-order valence-corrected chi connectivity index (χ0v) is 33.2. The van der Waals surface area contributed by atoms with Crippen molar-refractivity contribution >= 4 is 24.0 Å². The summed E-state index contributed by atoms with van der Waals surface area (Å²) in [5, 5.41) is 5.26. The smallest absolute Gasteiger partial charge is 0.407 e. The number of hydrogen-bond donors (Lipinski definition) is 4. The van der Waals surface area contributed by atoms with Crippen LogP contribution >= 0.6 is 0 Å². The van der Waals surface area contributed by atoms with Crippen molar-refractivity contribution in [1.82, 2.24) is 40.4 Å². The van der Waals surface area contributed by atoms with Crippen LogP contribution in [-0.4, -0.2) is 107 Å². The van der Waals surface area contributed by atoms with Gasteiger partial charge in [-0.05, 0) is 67.5 Å². The van der Waals surface area contributed by atoms with Gasteiger partial charge in [-0.1, -0.05) is 20.3 Å². The molecular weight excluding hydrogens is 751 g/mol. The molecule has 7 rings (SSSR count). The number of benzene rings is 2. The molecule has 4 N–H and O–H groups in total. The number of carbonyl (C=O) groups is 4. The van der Waals surface area contributed by atoms with E-state index >= 15 is 4.39 Å². The van der Waals surface area contributed by atoms with E-state index in [9.17, 15) is 19.2 Å². The highest BCUT2D eigenvalue weighted by molar-refractivity contribution is 5.87. The summed E-state index contributed by atoms with van der Waals surface area (Å²) in [6.45, 7) is 4.88. The van der Waals surface area contributed by atoms with Gasteiger partial charge >= 0.3 is 12.2 Å². The molecule has 4 aromatic rings. The van der Waals surface area contributed by atoms with Gasteiger partial charge < -0.3 is 49.3 Å². The minimum Gasteiger partial charge on any atom is -0.457 e. The van der Waals surface area contributed by atoms with Crippen LogP contribution in [0, 0.1) is 11.7 Å². The average Bonchev–Trinajstić information content (AvgIpc) is 4.07. The summed E-state index contributed by atoms with van der Waals surface area (Å²) >= 11 is 0. The van der Waals surface area contributed by atoms with Crippen molar-refractivity contribution in [2.75, 3.05) is 41.0 Å². The van der Waals surface area contributed by atoms with E-state index in [1.807, 2.05) is 32.0 Å². The fraction of sp³-hybridized carbons (Fsp3) is 0.463. The molecule has 0 spiro atoms. The number of fused-ring (bicyclic) bond motifs is 2. The molecule has 0 unspecified atom stereocenters. The number of nitrogens with zero attached hydrogens (tertiary/aromatic N) is 4. The first-order valence-electron chi connectivity index (χ1n) is 19.6. The van der Waals surface area contributed by atoms with Crippen LogP contribution in [0.4, 0.5) is 14.0 Å². The third kappa shape index (κ3) is 8.08. The molecule has 5 atom stereocenters. The van der Waals surface area contributed by atoms with E-state index in [0.717, 1.165) is 29.7 Å². The number of hydrogen-bond acceptors (Lipinski definition) is 10. The summed E-state index contributed by atoms with van der Waals surface area (Å²) in [5.41, 5.74) is 3.90. The van der Waals surface area contributed by atoms with Crippen molar-refractivity contribution < 1.29 is 42.5 Å². The molecule has 0 radical (unpaired) electrons. The molecule has 4 amide bonds. The van der Waals surface area contributed by atoms with E-state index in [1.54, 1.807) is 28.3 Å². The van der Waals surface area contributed by atoms with Crippen LogP contribution in [0.25, 0.3) is 22.5 Å².